The molecule has 1 aromatic carbocycles. The zero-order valence-electron chi connectivity index (χ0n) is 8.79. The number of methoxy groups -OCH3 is 1. The number of hydrogen-bond acceptors (Lipinski definition) is 2. The lowest BCUT2D eigenvalue weighted by Crippen LogP contribution is -1.92. The van der Waals surface area contributed by atoms with E-state index >= 15 is 0 Å². The summed E-state index contributed by atoms with van der Waals surface area (Å²) in [6.45, 7) is 0.775. The second-order valence-electron chi connectivity index (χ2n) is 3.90. The molecule has 0 fully saturated rings. The van der Waals surface area contributed by atoms with E-state index in [0.717, 1.165) is 33.4 Å². The number of carbonyl (C=O) groups is 1. The summed E-state index contributed by atoms with van der Waals surface area (Å²) >= 11 is 3.50. The predicted molar refractivity (Wildman–Crippen MR) is 65.1 cm³/mol. The summed E-state index contributed by atoms with van der Waals surface area (Å²) in [6, 6.07) is 5.85. The Labute approximate surface area is 101 Å². The standard InChI is InChI=1S/C12H10BrNO2/c1-16-7-4-9(13)8-6-11-12(15)2-3-14(11)10(8)5-7/h4-6H,2-3H2,1H3. The van der Waals surface area contributed by atoms with E-state index < -0.39 is 0 Å². The number of aryl methyl sites for hydroxylation is 1. The zero-order valence-corrected chi connectivity index (χ0v) is 10.4. The lowest BCUT2D eigenvalue weighted by atomic mass is 10.2. The molecule has 0 unspecified atom stereocenters. The third-order valence-corrected chi connectivity index (χ3v) is 3.68. The van der Waals surface area contributed by atoms with Crippen LogP contribution in [-0.4, -0.2) is 17.5 Å². The molecule has 1 aliphatic heterocycles. The van der Waals surface area contributed by atoms with Crippen molar-refractivity contribution < 1.29 is 9.53 Å². The minimum atomic E-state index is 0.224. The van der Waals surface area contributed by atoms with E-state index in [1.54, 1.807) is 7.11 Å². The molecule has 16 heavy (non-hydrogen) atoms. The number of nitrogens with zero attached hydrogens (tertiary/aromatic N) is 1. The minimum absolute atomic E-state index is 0.224. The van der Waals surface area contributed by atoms with Crippen molar-refractivity contribution in [2.75, 3.05) is 7.11 Å². The second-order valence-corrected chi connectivity index (χ2v) is 4.75. The first kappa shape index (κ1) is 9.90. The van der Waals surface area contributed by atoms with E-state index in [1.807, 2.05) is 18.2 Å². The Morgan fingerprint density at radius 3 is 2.94 bits per heavy atom. The maximum Gasteiger partial charge on any atom is 0.181 e. The first-order valence-corrected chi connectivity index (χ1v) is 5.90. The van der Waals surface area contributed by atoms with Crippen LogP contribution in [0.15, 0.2) is 22.7 Å². The highest BCUT2D eigenvalue weighted by Gasteiger charge is 2.23. The maximum absolute atomic E-state index is 11.6. The normalized spacial score (nSPS) is 14.5. The van der Waals surface area contributed by atoms with Crippen molar-refractivity contribution in [3.8, 4) is 5.75 Å². The average molecular weight is 280 g/mol. The number of Topliss-reactive ketones (excluding diaryl/α,β-unsaturated/α-hetero) is 1. The van der Waals surface area contributed by atoms with Gasteiger partial charge in [-0.3, -0.25) is 4.79 Å². The lowest BCUT2D eigenvalue weighted by molar-refractivity contribution is 0.0994. The molecule has 3 rings (SSSR count). The van der Waals surface area contributed by atoms with Gasteiger partial charge in [-0.2, -0.15) is 0 Å². The predicted octanol–water partition coefficient (Wildman–Crippen LogP) is 3.00. The molecule has 2 aromatic rings. The molecule has 0 N–H and O–H groups in total. The van der Waals surface area contributed by atoms with Gasteiger partial charge in [0.1, 0.15) is 5.75 Å². The summed E-state index contributed by atoms with van der Waals surface area (Å²) in [7, 11) is 1.65. The highest BCUT2D eigenvalue weighted by Crippen LogP contribution is 2.34. The number of benzene rings is 1. The van der Waals surface area contributed by atoms with E-state index in [0.29, 0.717) is 6.42 Å². The van der Waals surface area contributed by atoms with Gasteiger partial charge in [-0.05, 0) is 28.1 Å². The number of fused-ring (bicyclic) bond motifs is 3. The molecule has 0 saturated heterocycles. The summed E-state index contributed by atoms with van der Waals surface area (Å²) in [5.41, 5.74) is 1.87. The molecule has 1 aromatic heterocycles. The summed E-state index contributed by atoms with van der Waals surface area (Å²) in [5, 5.41) is 1.07. The Morgan fingerprint density at radius 2 is 2.19 bits per heavy atom. The van der Waals surface area contributed by atoms with Crippen molar-refractivity contribution >= 4 is 32.6 Å². The Hall–Kier alpha value is -1.29. The van der Waals surface area contributed by atoms with E-state index in [9.17, 15) is 4.79 Å². The molecule has 0 radical (unpaired) electrons. The van der Waals surface area contributed by atoms with Crippen molar-refractivity contribution in [3.05, 3.63) is 28.4 Å². The molecule has 82 valence electrons. The minimum Gasteiger partial charge on any atom is -0.497 e. The SMILES string of the molecule is COc1cc(Br)c2cc3n(c2c1)CCC3=O. The van der Waals surface area contributed by atoms with Crippen LogP contribution < -0.4 is 4.74 Å². The van der Waals surface area contributed by atoms with E-state index in [4.69, 9.17) is 4.74 Å². The van der Waals surface area contributed by atoms with Gasteiger partial charge >= 0.3 is 0 Å². The summed E-state index contributed by atoms with van der Waals surface area (Å²) in [4.78, 5) is 11.6. The smallest absolute Gasteiger partial charge is 0.181 e. The fourth-order valence-electron chi connectivity index (χ4n) is 2.22. The molecule has 4 heteroatoms. The number of halogens is 1. The van der Waals surface area contributed by atoms with Crippen molar-refractivity contribution in [1.29, 1.82) is 0 Å². The Balaban J connectivity index is 2.37. The van der Waals surface area contributed by atoms with Crippen LogP contribution in [0.5, 0.6) is 5.75 Å². The Kier molecular flexibility index (Phi) is 2.07. The Morgan fingerprint density at radius 1 is 1.38 bits per heavy atom. The number of carbonyl (C=O) groups excluding carboxylic acids is 1. The number of hydrogen-bond donors (Lipinski definition) is 0. The van der Waals surface area contributed by atoms with Crippen LogP contribution in [0.3, 0.4) is 0 Å². The van der Waals surface area contributed by atoms with Crippen molar-refractivity contribution in [3.63, 3.8) is 0 Å². The van der Waals surface area contributed by atoms with Gasteiger partial charge in [-0.15, -0.1) is 0 Å². The van der Waals surface area contributed by atoms with Crippen molar-refractivity contribution in [2.45, 2.75) is 13.0 Å². The molecule has 0 atom stereocenters. The second kappa shape index (κ2) is 3.35. The van der Waals surface area contributed by atoms with Gasteiger partial charge in [-0.1, -0.05) is 0 Å². The van der Waals surface area contributed by atoms with Gasteiger partial charge in [0, 0.05) is 28.9 Å². The number of rotatable bonds is 1. The van der Waals surface area contributed by atoms with Crippen LogP contribution in [0.2, 0.25) is 0 Å². The maximum atomic E-state index is 11.6. The first-order valence-electron chi connectivity index (χ1n) is 5.10. The van der Waals surface area contributed by atoms with E-state index in [2.05, 4.69) is 20.5 Å². The van der Waals surface area contributed by atoms with Crippen LogP contribution in [0.4, 0.5) is 0 Å². The van der Waals surface area contributed by atoms with Gasteiger partial charge in [0.2, 0.25) is 0 Å². The van der Waals surface area contributed by atoms with Gasteiger partial charge < -0.3 is 9.30 Å². The quantitative estimate of drug-likeness (QED) is 0.804. The van der Waals surface area contributed by atoms with Gasteiger partial charge in [0.15, 0.2) is 5.78 Å². The molecule has 2 heterocycles. The Bertz CT molecular complexity index is 601. The first-order chi connectivity index (χ1) is 7.70. The van der Waals surface area contributed by atoms with Crippen LogP contribution in [-0.2, 0) is 6.54 Å². The average Bonchev–Trinajstić information content (AvgIpc) is 2.80. The summed E-state index contributed by atoms with van der Waals surface area (Å²) in [5.74, 6) is 1.03. The molecule has 0 saturated carbocycles. The third kappa shape index (κ3) is 1.23. The zero-order chi connectivity index (χ0) is 11.3. The molecular formula is C12H10BrNO2. The molecule has 3 nitrogen and oxygen atoms in total. The molecule has 0 spiro atoms. The van der Waals surface area contributed by atoms with Crippen molar-refractivity contribution in [2.24, 2.45) is 0 Å². The number of aromatic nitrogens is 1. The van der Waals surface area contributed by atoms with Crippen LogP contribution >= 0.6 is 15.9 Å². The number of ether oxygens (including phenoxy) is 1. The largest absolute Gasteiger partial charge is 0.497 e. The van der Waals surface area contributed by atoms with Gasteiger partial charge in [0.05, 0.1) is 18.3 Å². The van der Waals surface area contributed by atoms with Crippen LogP contribution in [0, 0.1) is 0 Å². The highest BCUT2D eigenvalue weighted by atomic mass is 79.9. The molecular weight excluding hydrogens is 270 g/mol. The van der Waals surface area contributed by atoms with Crippen LogP contribution in [0.25, 0.3) is 10.9 Å². The number of ketones is 1. The molecule has 0 bridgehead atoms. The summed E-state index contributed by atoms with van der Waals surface area (Å²) < 4.78 is 8.26. The van der Waals surface area contributed by atoms with E-state index in [1.165, 1.54) is 0 Å². The topological polar surface area (TPSA) is 31.2 Å². The lowest BCUT2D eigenvalue weighted by Gasteiger charge is -2.04. The van der Waals surface area contributed by atoms with Gasteiger partial charge in [-0.25, -0.2) is 0 Å². The van der Waals surface area contributed by atoms with E-state index in [-0.39, 0.29) is 5.78 Å². The fraction of sp³-hybridized carbons (Fsp3) is 0.250. The van der Waals surface area contributed by atoms with Crippen molar-refractivity contribution in [1.82, 2.24) is 4.57 Å². The van der Waals surface area contributed by atoms with Crippen LogP contribution in [0.1, 0.15) is 16.9 Å². The summed E-state index contributed by atoms with van der Waals surface area (Å²) in [6.07, 6.45) is 0.611. The molecule has 0 aliphatic carbocycles. The third-order valence-electron chi connectivity index (χ3n) is 3.03. The fourth-order valence-corrected chi connectivity index (χ4v) is 2.76. The monoisotopic (exact) mass is 279 g/mol. The molecule has 1 aliphatic rings. The highest BCUT2D eigenvalue weighted by molar-refractivity contribution is 9.10. The van der Waals surface area contributed by atoms with Gasteiger partial charge in [0.25, 0.3) is 0 Å². The molecule has 0 amide bonds.